The number of methoxy groups -OCH3 is 1. The average Bonchev–Trinajstić information content (AvgIpc) is 2.71. The summed E-state index contributed by atoms with van der Waals surface area (Å²) in [4.78, 5) is 25.9. The first-order valence-corrected chi connectivity index (χ1v) is 8.48. The van der Waals surface area contributed by atoms with Crippen molar-refractivity contribution in [3.8, 4) is 11.5 Å². The van der Waals surface area contributed by atoms with Gasteiger partial charge in [-0.3, -0.25) is 9.59 Å². The maximum Gasteiger partial charge on any atom is 0.254 e. The first-order chi connectivity index (χ1) is 13.0. The molecule has 2 aromatic carbocycles. The second-order valence-corrected chi connectivity index (χ2v) is 5.90. The Morgan fingerprint density at radius 1 is 1.11 bits per heavy atom. The fourth-order valence-electron chi connectivity index (χ4n) is 2.54. The van der Waals surface area contributed by atoms with Crippen molar-refractivity contribution >= 4 is 11.8 Å². The Morgan fingerprint density at radius 2 is 1.78 bits per heavy atom. The molecule has 0 spiro atoms. The van der Waals surface area contributed by atoms with Gasteiger partial charge in [0.25, 0.3) is 11.8 Å². The summed E-state index contributed by atoms with van der Waals surface area (Å²) in [5.41, 5.74) is 2.01. The first-order valence-electron chi connectivity index (χ1n) is 8.48. The van der Waals surface area contributed by atoms with Crippen molar-refractivity contribution < 1.29 is 19.1 Å². The molecule has 2 rings (SSSR count). The standard InChI is InChI=1S/C21H24N2O4/c1-5-12-27-18-11-10-17(13-19(18)26-4)21(25)23(3)14-15-6-8-16(9-7-15)20(24)22-2/h5-11,13H,1,12,14H2,2-4H3,(H,22,24). The summed E-state index contributed by atoms with van der Waals surface area (Å²) in [7, 11) is 4.84. The molecular formula is C21H24N2O4. The van der Waals surface area contributed by atoms with Crippen LogP contribution >= 0.6 is 0 Å². The predicted molar refractivity (Wildman–Crippen MR) is 104 cm³/mol. The van der Waals surface area contributed by atoms with Crippen LogP contribution in [0, 0.1) is 0 Å². The number of hydrogen-bond acceptors (Lipinski definition) is 4. The minimum atomic E-state index is -0.142. The van der Waals surface area contributed by atoms with E-state index in [1.165, 1.54) is 7.11 Å². The van der Waals surface area contributed by atoms with Crippen molar-refractivity contribution in [2.45, 2.75) is 6.54 Å². The van der Waals surface area contributed by atoms with Crippen molar-refractivity contribution in [1.82, 2.24) is 10.2 Å². The number of hydrogen-bond donors (Lipinski definition) is 1. The highest BCUT2D eigenvalue weighted by Crippen LogP contribution is 2.28. The van der Waals surface area contributed by atoms with Crippen LogP contribution in [0.4, 0.5) is 0 Å². The van der Waals surface area contributed by atoms with E-state index in [0.29, 0.717) is 35.8 Å². The van der Waals surface area contributed by atoms with E-state index in [1.807, 2.05) is 12.1 Å². The molecule has 0 aliphatic heterocycles. The summed E-state index contributed by atoms with van der Waals surface area (Å²) < 4.78 is 10.8. The second kappa shape index (κ2) is 9.43. The van der Waals surface area contributed by atoms with Crippen LogP contribution in [-0.2, 0) is 6.54 Å². The molecule has 0 unspecified atom stereocenters. The summed E-state index contributed by atoms with van der Waals surface area (Å²) in [5, 5.41) is 2.58. The lowest BCUT2D eigenvalue weighted by molar-refractivity contribution is 0.0784. The van der Waals surface area contributed by atoms with Crippen LogP contribution in [0.1, 0.15) is 26.3 Å². The maximum absolute atomic E-state index is 12.7. The second-order valence-electron chi connectivity index (χ2n) is 5.90. The summed E-state index contributed by atoms with van der Waals surface area (Å²) >= 11 is 0. The molecule has 0 aliphatic rings. The lowest BCUT2D eigenvalue weighted by Gasteiger charge is -2.18. The molecular weight excluding hydrogens is 344 g/mol. The third-order valence-corrected chi connectivity index (χ3v) is 3.98. The van der Waals surface area contributed by atoms with Crippen LogP contribution in [0.3, 0.4) is 0 Å². The monoisotopic (exact) mass is 368 g/mol. The Balaban J connectivity index is 2.10. The molecule has 0 saturated heterocycles. The minimum Gasteiger partial charge on any atom is -0.493 e. The molecule has 2 aromatic rings. The van der Waals surface area contributed by atoms with Crippen LogP contribution in [0.25, 0.3) is 0 Å². The third-order valence-electron chi connectivity index (χ3n) is 3.98. The van der Waals surface area contributed by atoms with Crippen molar-refractivity contribution in [3.63, 3.8) is 0 Å². The van der Waals surface area contributed by atoms with E-state index in [9.17, 15) is 9.59 Å². The van der Waals surface area contributed by atoms with Gasteiger partial charge in [0, 0.05) is 31.8 Å². The zero-order chi connectivity index (χ0) is 19.8. The minimum absolute atomic E-state index is 0.140. The van der Waals surface area contributed by atoms with Gasteiger partial charge in [0.15, 0.2) is 11.5 Å². The fraction of sp³-hybridized carbons (Fsp3) is 0.238. The Morgan fingerprint density at radius 3 is 2.37 bits per heavy atom. The molecule has 0 fully saturated rings. The quantitative estimate of drug-likeness (QED) is 0.728. The maximum atomic E-state index is 12.7. The molecule has 0 atom stereocenters. The molecule has 0 aliphatic carbocycles. The Hall–Kier alpha value is -3.28. The van der Waals surface area contributed by atoms with Crippen LogP contribution in [0.2, 0.25) is 0 Å². The summed E-state index contributed by atoms with van der Waals surface area (Å²) in [5.74, 6) is 0.767. The van der Waals surface area contributed by atoms with Gasteiger partial charge >= 0.3 is 0 Å². The third kappa shape index (κ3) is 5.10. The molecule has 27 heavy (non-hydrogen) atoms. The van der Waals surface area contributed by atoms with Crippen molar-refractivity contribution in [2.75, 3.05) is 27.8 Å². The van der Waals surface area contributed by atoms with Gasteiger partial charge < -0.3 is 19.7 Å². The predicted octanol–water partition coefficient (Wildman–Crippen LogP) is 2.89. The SMILES string of the molecule is C=CCOc1ccc(C(=O)N(C)Cc2ccc(C(=O)NC)cc2)cc1OC. The average molecular weight is 368 g/mol. The fourth-order valence-corrected chi connectivity index (χ4v) is 2.54. The number of carbonyl (C=O) groups excluding carboxylic acids is 2. The van der Waals surface area contributed by atoms with E-state index in [4.69, 9.17) is 9.47 Å². The number of nitrogens with one attached hydrogen (secondary N) is 1. The van der Waals surface area contributed by atoms with E-state index in [0.717, 1.165) is 5.56 Å². The molecule has 142 valence electrons. The van der Waals surface area contributed by atoms with E-state index < -0.39 is 0 Å². The number of rotatable bonds is 8. The highest BCUT2D eigenvalue weighted by Gasteiger charge is 2.15. The van der Waals surface area contributed by atoms with Crippen LogP contribution in [-0.4, -0.2) is 44.5 Å². The van der Waals surface area contributed by atoms with Crippen LogP contribution in [0.5, 0.6) is 11.5 Å². The molecule has 0 aromatic heterocycles. The van der Waals surface area contributed by atoms with Gasteiger partial charge in [-0.05, 0) is 35.9 Å². The molecule has 6 heteroatoms. The smallest absolute Gasteiger partial charge is 0.254 e. The Kier molecular flexibility index (Phi) is 7.00. The molecule has 0 heterocycles. The summed E-state index contributed by atoms with van der Waals surface area (Å²) in [6.45, 7) is 4.39. The van der Waals surface area contributed by atoms with Gasteiger partial charge in [-0.25, -0.2) is 0 Å². The number of carbonyl (C=O) groups is 2. The largest absolute Gasteiger partial charge is 0.493 e. The van der Waals surface area contributed by atoms with E-state index in [2.05, 4.69) is 11.9 Å². The van der Waals surface area contributed by atoms with Gasteiger partial charge in [-0.1, -0.05) is 24.8 Å². The van der Waals surface area contributed by atoms with Crippen LogP contribution < -0.4 is 14.8 Å². The highest BCUT2D eigenvalue weighted by molar-refractivity contribution is 5.95. The first kappa shape index (κ1) is 20.0. The number of nitrogens with zero attached hydrogens (tertiary/aromatic N) is 1. The van der Waals surface area contributed by atoms with Gasteiger partial charge in [0.1, 0.15) is 6.61 Å². The normalized spacial score (nSPS) is 10.0. The molecule has 1 N–H and O–H groups in total. The van der Waals surface area contributed by atoms with E-state index in [1.54, 1.807) is 55.4 Å². The molecule has 6 nitrogen and oxygen atoms in total. The molecule has 2 amide bonds. The lowest BCUT2D eigenvalue weighted by atomic mass is 10.1. The number of benzene rings is 2. The molecule has 0 bridgehead atoms. The number of ether oxygens (including phenoxy) is 2. The van der Waals surface area contributed by atoms with Crippen molar-refractivity contribution in [3.05, 3.63) is 71.8 Å². The Bertz CT molecular complexity index is 815. The zero-order valence-electron chi connectivity index (χ0n) is 15.8. The van der Waals surface area contributed by atoms with Gasteiger partial charge in [0.05, 0.1) is 7.11 Å². The van der Waals surface area contributed by atoms with Crippen molar-refractivity contribution in [1.29, 1.82) is 0 Å². The summed E-state index contributed by atoms with van der Waals surface area (Å²) in [6.07, 6.45) is 1.64. The zero-order valence-corrected chi connectivity index (χ0v) is 15.8. The summed E-state index contributed by atoms with van der Waals surface area (Å²) in [6, 6.07) is 12.2. The highest BCUT2D eigenvalue weighted by atomic mass is 16.5. The van der Waals surface area contributed by atoms with Gasteiger partial charge in [-0.2, -0.15) is 0 Å². The van der Waals surface area contributed by atoms with Crippen molar-refractivity contribution in [2.24, 2.45) is 0 Å². The van der Waals surface area contributed by atoms with Crippen LogP contribution in [0.15, 0.2) is 55.1 Å². The number of amides is 2. The topological polar surface area (TPSA) is 67.9 Å². The van der Waals surface area contributed by atoms with E-state index in [-0.39, 0.29) is 11.8 Å². The lowest BCUT2D eigenvalue weighted by Crippen LogP contribution is -2.26. The molecule has 0 saturated carbocycles. The van der Waals surface area contributed by atoms with E-state index >= 15 is 0 Å². The van der Waals surface area contributed by atoms with Gasteiger partial charge in [-0.15, -0.1) is 0 Å². The van der Waals surface area contributed by atoms with Gasteiger partial charge in [0.2, 0.25) is 0 Å². The molecule has 0 radical (unpaired) electrons. The Labute approximate surface area is 159 Å².